The van der Waals surface area contributed by atoms with Crippen molar-refractivity contribution in [1.82, 2.24) is 24.7 Å². The molecule has 2 saturated heterocycles. The fraction of sp³-hybridized carbons (Fsp3) is 0.706. The van der Waals surface area contributed by atoms with Gasteiger partial charge < -0.3 is 19.9 Å². The Bertz CT molecular complexity index is 556. The summed E-state index contributed by atoms with van der Waals surface area (Å²) in [6.45, 7) is 11.8. The van der Waals surface area contributed by atoms with Gasteiger partial charge in [-0.25, -0.2) is 9.97 Å². The summed E-state index contributed by atoms with van der Waals surface area (Å²) in [6.07, 6.45) is 1.65. The molecule has 8 heteroatoms. The number of likely N-dealkylation sites (N-methyl/N-ethyl adjacent to an activating group) is 1. The fourth-order valence-corrected chi connectivity index (χ4v) is 3.14. The fourth-order valence-electron chi connectivity index (χ4n) is 3.14. The Morgan fingerprint density at radius 3 is 2.64 bits per heavy atom. The van der Waals surface area contributed by atoms with E-state index in [9.17, 15) is 4.79 Å². The van der Waals surface area contributed by atoms with Gasteiger partial charge in [-0.15, -0.1) is 0 Å². The molecule has 8 nitrogen and oxygen atoms in total. The number of piperazine rings is 1. The Labute approximate surface area is 149 Å². The molecule has 2 fully saturated rings. The molecule has 0 spiro atoms. The highest BCUT2D eigenvalue weighted by molar-refractivity contribution is 5.92. The summed E-state index contributed by atoms with van der Waals surface area (Å²) < 4.78 is 5.35. The van der Waals surface area contributed by atoms with Crippen LogP contribution >= 0.6 is 0 Å². The van der Waals surface area contributed by atoms with Gasteiger partial charge in [0, 0.05) is 58.6 Å². The first-order valence-corrected chi connectivity index (χ1v) is 9.15. The average Bonchev–Trinajstić information content (AvgIpc) is 2.68. The van der Waals surface area contributed by atoms with Gasteiger partial charge in [0.15, 0.2) is 0 Å². The van der Waals surface area contributed by atoms with Crippen molar-refractivity contribution in [3.63, 3.8) is 0 Å². The molecule has 0 unspecified atom stereocenters. The highest BCUT2D eigenvalue weighted by Gasteiger charge is 2.22. The number of amides is 1. The summed E-state index contributed by atoms with van der Waals surface area (Å²) in [4.78, 5) is 27.8. The van der Waals surface area contributed by atoms with E-state index in [1.54, 1.807) is 12.3 Å². The molecule has 0 saturated carbocycles. The standard InChI is InChI=1S/C17H28N6O2/c1-2-21-7-9-23(10-8-21)16(24)15-3-4-18-17(20-15)19-5-6-22-11-13-25-14-12-22/h3-4H,2,5-14H2,1H3,(H,18,19,20). The van der Waals surface area contributed by atoms with Crippen LogP contribution in [0.2, 0.25) is 0 Å². The van der Waals surface area contributed by atoms with Gasteiger partial charge in [0.25, 0.3) is 5.91 Å². The Morgan fingerprint density at radius 1 is 1.16 bits per heavy atom. The third-order valence-electron chi connectivity index (χ3n) is 4.80. The quantitative estimate of drug-likeness (QED) is 0.775. The largest absolute Gasteiger partial charge is 0.379 e. The minimum absolute atomic E-state index is 0.00520. The number of aromatic nitrogens is 2. The van der Waals surface area contributed by atoms with E-state index in [2.05, 4.69) is 32.0 Å². The van der Waals surface area contributed by atoms with Gasteiger partial charge in [-0.05, 0) is 12.6 Å². The van der Waals surface area contributed by atoms with Crippen molar-refractivity contribution in [2.24, 2.45) is 0 Å². The number of carbonyl (C=O) groups excluding carboxylic acids is 1. The Balaban J connectivity index is 1.49. The molecule has 1 N–H and O–H groups in total. The van der Waals surface area contributed by atoms with Crippen molar-refractivity contribution in [2.75, 3.05) is 77.4 Å². The first-order chi connectivity index (χ1) is 12.3. The lowest BCUT2D eigenvalue weighted by atomic mass is 10.2. The molecule has 0 aromatic carbocycles. The van der Waals surface area contributed by atoms with Crippen molar-refractivity contribution in [3.05, 3.63) is 18.0 Å². The number of nitrogens with zero attached hydrogens (tertiary/aromatic N) is 5. The minimum Gasteiger partial charge on any atom is -0.379 e. The number of hydrogen-bond donors (Lipinski definition) is 1. The van der Waals surface area contributed by atoms with Crippen LogP contribution in [0.1, 0.15) is 17.4 Å². The summed E-state index contributed by atoms with van der Waals surface area (Å²) in [6, 6.07) is 1.70. The summed E-state index contributed by atoms with van der Waals surface area (Å²) >= 11 is 0. The van der Waals surface area contributed by atoms with Crippen LogP contribution < -0.4 is 5.32 Å². The first-order valence-electron chi connectivity index (χ1n) is 9.15. The lowest BCUT2D eigenvalue weighted by molar-refractivity contribution is 0.0398. The maximum atomic E-state index is 12.6. The summed E-state index contributed by atoms with van der Waals surface area (Å²) in [5, 5.41) is 3.22. The van der Waals surface area contributed by atoms with E-state index >= 15 is 0 Å². The van der Waals surface area contributed by atoms with Crippen LogP contribution in [0.25, 0.3) is 0 Å². The highest BCUT2D eigenvalue weighted by Crippen LogP contribution is 2.08. The van der Waals surface area contributed by atoms with Crippen molar-refractivity contribution in [1.29, 1.82) is 0 Å². The summed E-state index contributed by atoms with van der Waals surface area (Å²) in [5.41, 5.74) is 0.467. The topological polar surface area (TPSA) is 73.8 Å². The second-order valence-electron chi connectivity index (χ2n) is 6.37. The first kappa shape index (κ1) is 18.0. The molecule has 1 amide bonds. The van der Waals surface area contributed by atoms with Gasteiger partial charge >= 0.3 is 0 Å². The number of nitrogens with one attached hydrogen (secondary N) is 1. The molecule has 3 heterocycles. The number of hydrogen-bond acceptors (Lipinski definition) is 7. The molecule has 0 aliphatic carbocycles. The normalized spacial score (nSPS) is 19.8. The number of carbonyl (C=O) groups is 1. The summed E-state index contributed by atoms with van der Waals surface area (Å²) in [5.74, 6) is 0.515. The molecule has 25 heavy (non-hydrogen) atoms. The van der Waals surface area contributed by atoms with Gasteiger partial charge in [-0.1, -0.05) is 6.92 Å². The SMILES string of the molecule is CCN1CCN(C(=O)c2ccnc(NCCN3CCOCC3)n2)CC1. The van der Waals surface area contributed by atoms with E-state index in [0.717, 1.165) is 72.1 Å². The van der Waals surface area contributed by atoms with Crippen molar-refractivity contribution in [3.8, 4) is 0 Å². The predicted octanol–water partition coefficient (Wildman–Crippen LogP) is -0.00160. The lowest BCUT2D eigenvalue weighted by Crippen LogP contribution is -2.48. The predicted molar refractivity (Wildman–Crippen MR) is 95.8 cm³/mol. The second kappa shape index (κ2) is 9.07. The molecular weight excluding hydrogens is 320 g/mol. The number of rotatable bonds is 6. The Morgan fingerprint density at radius 2 is 1.92 bits per heavy atom. The van der Waals surface area contributed by atoms with E-state index in [4.69, 9.17) is 4.74 Å². The third kappa shape index (κ3) is 5.10. The van der Waals surface area contributed by atoms with E-state index in [-0.39, 0.29) is 5.91 Å². The molecule has 3 rings (SSSR count). The second-order valence-corrected chi connectivity index (χ2v) is 6.37. The van der Waals surface area contributed by atoms with E-state index in [1.165, 1.54) is 0 Å². The van der Waals surface area contributed by atoms with Gasteiger partial charge in [0.1, 0.15) is 5.69 Å². The molecule has 2 aliphatic heterocycles. The van der Waals surface area contributed by atoms with Crippen LogP contribution in [-0.4, -0.2) is 103 Å². The van der Waals surface area contributed by atoms with Crippen LogP contribution in [0.4, 0.5) is 5.95 Å². The summed E-state index contributed by atoms with van der Waals surface area (Å²) in [7, 11) is 0. The maximum Gasteiger partial charge on any atom is 0.272 e. The minimum atomic E-state index is -0.00520. The molecule has 1 aromatic heterocycles. The van der Waals surface area contributed by atoms with Crippen molar-refractivity contribution < 1.29 is 9.53 Å². The van der Waals surface area contributed by atoms with Crippen LogP contribution in [0.3, 0.4) is 0 Å². The van der Waals surface area contributed by atoms with Crippen molar-refractivity contribution >= 4 is 11.9 Å². The van der Waals surface area contributed by atoms with Gasteiger partial charge in [0.2, 0.25) is 5.95 Å². The Kier molecular flexibility index (Phi) is 6.55. The Hall–Kier alpha value is -1.77. The van der Waals surface area contributed by atoms with Gasteiger partial charge in [0.05, 0.1) is 13.2 Å². The molecule has 2 aliphatic rings. The van der Waals surface area contributed by atoms with Crippen molar-refractivity contribution in [2.45, 2.75) is 6.92 Å². The zero-order valence-corrected chi connectivity index (χ0v) is 15.0. The molecule has 0 atom stereocenters. The zero-order valence-electron chi connectivity index (χ0n) is 15.0. The van der Waals surface area contributed by atoms with E-state index in [0.29, 0.717) is 11.6 Å². The molecule has 1 aromatic rings. The number of ether oxygens (including phenoxy) is 1. The van der Waals surface area contributed by atoms with Crippen LogP contribution in [-0.2, 0) is 4.74 Å². The number of morpholine rings is 1. The zero-order chi connectivity index (χ0) is 17.5. The molecule has 138 valence electrons. The van der Waals surface area contributed by atoms with Gasteiger partial charge in [-0.3, -0.25) is 9.69 Å². The smallest absolute Gasteiger partial charge is 0.272 e. The third-order valence-corrected chi connectivity index (χ3v) is 4.80. The number of anilines is 1. The molecule has 0 bridgehead atoms. The van der Waals surface area contributed by atoms with Crippen LogP contribution in [0.5, 0.6) is 0 Å². The van der Waals surface area contributed by atoms with E-state index < -0.39 is 0 Å². The monoisotopic (exact) mass is 348 g/mol. The van der Waals surface area contributed by atoms with Crippen LogP contribution in [0.15, 0.2) is 12.3 Å². The maximum absolute atomic E-state index is 12.6. The average molecular weight is 348 g/mol. The highest BCUT2D eigenvalue weighted by atomic mass is 16.5. The lowest BCUT2D eigenvalue weighted by Gasteiger charge is -2.33. The molecule has 0 radical (unpaired) electrons. The van der Waals surface area contributed by atoms with E-state index in [1.807, 2.05) is 4.90 Å². The molecular formula is C17H28N6O2. The van der Waals surface area contributed by atoms with Gasteiger partial charge in [-0.2, -0.15) is 0 Å². The van der Waals surface area contributed by atoms with Crippen LogP contribution in [0, 0.1) is 0 Å².